The first kappa shape index (κ1) is 13.4. The van der Waals surface area contributed by atoms with Crippen molar-refractivity contribution in [1.29, 1.82) is 0 Å². The highest BCUT2D eigenvalue weighted by Gasteiger charge is 2.44. The Balaban J connectivity index is 1.76. The molecule has 0 saturated carbocycles. The molecule has 112 valence electrons. The van der Waals surface area contributed by atoms with Crippen LogP contribution in [0.5, 0.6) is 0 Å². The minimum Gasteiger partial charge on any atom is -0.241 e. The third-order valence-corrected chi connectivity index (χ3v) is 24.4. The lowest BCUT2D eigenvalue weighted by atomic mass is 10.5. The Morgan fingerprint density at radius 2 is 0.550 bits per heavy atom. The van der Waals surface area contributed by atoms with Crippen molar-refractivity contribution in [2.24, 2.45) is 18.1 Å². The second kappa shape index (κ2) is 4.26. The van der Waals surface area contributed by atoms with Crippen LogP contribution in [0.25, 0.3) is 0 Å². The van der Waals surface area contributed by atoms with E-state index in [1.165, 1.54) is 75.0 Å². The van der Waals surface area contributed by atoms with Crippen LogP contribution in [0, 0.1) is 0 Å². The Labute approximate surface area is 122 Å². The average Bonchev–Trinajstić information content (AvgIpc) is 2.21. The lowest BCUT2D eigenvalue weighted by molar-refractivity contribution is 0.959. The molecule has 0 aliphatic carbocycles. The fourth-order valence-corrected chi connectivity index (χ4v) is 24.8. The topological polar surface area (TPSA) is 49.4 Å². The third-order valence-electron chi connectivity index (χ3n) is 5.46. The van der Waals surface area contributed by atoms with Crippen molar-refractivity contribution in [3.63, 3.8) is 0 Å². The molecule has 0 bridgehead atoms. The van der Waals surface area contributed by atoms with Crippen LogP contribution in [0.3, 0.4) is 0 Å². The van der Waals surface area contributed by atoms with E-state index in [1.807, 2.05) is 0 Å². The molecule has 0 aromatic rings. The van der Waals surface area contributed by atoms with E-state index < -0.39 is 28.8 Å². The van der Waals surface area contributed by atoms with Gasteiger partial charge in [-0.15, -0.1) is 0 Å². The van der Waals surface area contributed by atoms with Gasteiger partial charge in [-0.2, -0.15) is 0 Å². The smallest absolute Gasteiger partial charge is 0.0809 e. The van der Waals surface area contributed by atoms with E-state index in [4.69, 9.17) is 18.1 Å². The Kier molecular flexibility index (Phi) is 2.85. The van der Waals surface area contributed by atoms with Gasteiger partial charge in [0.25, 0.3) is 0 Å². The second-order valence-electron chi connectivity index (χ2n) is 7.08. The summed E-state index contributed by atoms with van der Waals surface area (Å²) in [4.78, 5) is 0. The zero-order valence-electron chi connectivity index (χ0n) is 12.1. The molecule has 4 nitrogen and oxygen atoms in total. The van der Waals surface area contributed by atoms with Gasteiger partial charge in [-0.25, -0.2) is 18.1 Å². The molecule has 4 spiro atoms. The Morgan fingerprint density at radius 1 is 0.350 bits per heavy atom. The number of hydrogen-bond donors (Lipinski definition) is 0. The number of nitrogens with zero attached hydrogens (tertiary/aromatic N) is 4. The van der Waals surface area contributed by atoms with Gasteiger partial charge in [0.1, 0.15) is 0 Å². The maximum absolute atomic E-state index is 5.55. The molecule has 0 aromatic heterocycles. The molecule has 4 saturated heterocycles. The molecule has 8 heteroatoms. The molecule has 0 unspecified atom stereocenters. The zero-order chi connectivity index (χ0) is 13.3. The van der Waals surface area contributed by atoms with Crippen molar-refractivity contribution in [3.05, 3.63) is 0 Å². The van der Waals surface area contributed by atoms with Crippen molar-refractivity contribution in [2.75, 3.05) is 49.3 Å². The van der Waals surface area contributed by atoms with Crippen LogP contribution in [-0.4, -0.2) is 49.3 Å². The number of hydrogen-bond acceptors (Lipinski definition) is 4. The predicted octanol–water partition coefficient (Wildman–Crippen LogP) is 6.08. The first-order chi connectivity index (χ1) is 9.66. The summed E-state index contributed by atoms with van der Waals surface area (Å²) < 4.78 is 22.2. The van der Waals surface area contributed by atoms with Crippen LogP contribution in [0.4, 0.5) is 0 Å². The summed E-state index contributed by atoms with van der Waals surface area (Å²) in [6, 6.07) is 0. The van der Waals surface area contributed by atoms with Crippen LogP contribution in [0.15, 0.2) is 18.1 Å². The first-order valence-corrected chi connectivity index (χ1v) is 16.4. The van der Waals surface area contributed by atoms with Crippen LogP contribution in [0.2, 0.25) is 0 Å². The molecule has 0 aromatic carbocycles. The Hall–Kier alpha value is 0.920. The minimum absolute atomic E-state index is 1.27. The van der Waals surface area contributed by atoms with Gasteiger partial charge in [0, 0.05) is 49.3 Å². The molecule has 0 N–H and O–H groups in total. The highest BCUT2D eigenvalue weighted by molar-refractivity contribution is 7.88. The van der Waals surface area contributed by atoms with Crippen LogP contribution in [-0.2, 0) is 0 Å². The largest absolute Gasteiger partial charge is 0.241 e. The molecular formula is C12H24N4P4. The normalized spacial score (nSPS) is 36.8. The Bertz CT molecular complexity index is 530. The van der Waals surface area contributed by atoms with Gasteiger partial charge >= 0.3 is 0 Å². The van der Waals surface area contributed by atoms with Crippen LogP contribution >= 0.6 is 28.8 Å². The third kappa shape index (κ3) is 1.88. The maximum Gasteiger partial charge on any atom is 0.0809 e. The lowest BCUT2D eigenvalue weighted by Crippen LogP contribution is -2.17. The van der Waals surface area contributed by atoms with Gasteiger partial charge in [-0.05, 0) is 25.7 Å². The highest BCUT2D eigenvalue weighted by atomic mass is 31.3. The second-order valence-corrected chi connectivity index (χ2v) is 20.5. The summed E-state index contributed by atoms with van der Waals surface area (Å²) >= 11 is 0. The average molecular weight is 348 g/mol. The molecule has 20 heavy (non-hydrogen) atoms. The Morgan fingerprint density at radius 3 is 0.650 bits per heavy atom. The molecule has 0 amide bonds. The predicted molar refractivity (Wildman–Crippen MR) is 94.8 cm³/mol. The van der Waals surface area contributed by atoms with E-state index in [-0.39, 0.29) is 0 Å². The lowest BCUT2D eigenvalue weighted by Gasteiger charge is -2.46. The summed E-state index contributed by atoms with van der Waals surface area (Å²) in [7, 11) is -5.09. The van der Waals surface area contributed by atoms with Crippen molar-refractivity contribution in [1.82, 2.24) is 0 Å². The molecule has 5 aliphatic heterocycles. The first-order valence-electron chi connectivity index (χ1n) is 8.13. The molecule has 5 rings (SSSR count). The van der Waals surface area contributed by atoms with Gasteiger partial charge in [0.15, 0.2) is 0 Å². The van der Waals surface area contributed by atoms with Gasteiger partial charge in [0.2, 0.25) is 0 Å². The monoisotopic (exact) mass is 348 g/mol. The van der Waals surface area contributed by atoms with Crippen molar-refractivity contribution >= 4 is 28.8 Å². The fourth-order valence-electron chi connectivity index (χ4n) is 3.79. The van der Waals surface area contributed by atoms with Crippen molar-refractivity contribution in [2.45, 2.75) is 25.7 Å². The zero-order valence-corrected chi connectivity index (χ0v) is 15.6. The van der Waals surface area contributed by atoms with Crippen molar-refractivity contribution in [3.8, 4) is 0 Å². The molecule has 5 heterocycles. The van der Waals surface area contributed by atoms with Crippen molar-refractivity contribution < 1.29 is 0 Å². The molecule has 4 fully saturated rings. The maximum atomic E-state index is 5.55. The van der Waals surface area contributed by atoms with Gasteiger partial charge in [-0.1, -0.05) is 0 Å². The summed E-state index contributed by atoms with van der Waals surface area (Å²) in [5.74, 6) is 0. The van der Waals surface area contributed by atoms with Gasteiger partial charge < -0.3 is 0 Å². The van der Waals surface area contributed by atoms with Crippen LogP contribution < -0.4 is 0 Å². The summed E-state index contributed by atoms with van der Waals surface area (Å²) in [5.41, 5.74) is 0. The summed E-state index contributed by atoms with van der Waals surface area (Å²) in [6.45, 7) is 0. The standard InChI is InChI=1S/C12H24N4P4/c1-5-17(6-1)13-18(7-2-8-18)15-20(11-4-12-20)16-19(14-17)9-3-10-19/h1-12H2. The van der Waals surface area contributed by atoms with E-state index in [2.05, 4.69) is 0 Å². The van der Waals surface area contributed by atoms with E-state index in [1.54, 1.807) is 0 Å². The summed E-state index contributed by atoms with van der Waals surface area (Å²) in [6.07, 6.45) is 16.1. The molecular weight excluding hydrogens is 324 g/mol. The molecule has 0 radical (unpaired) electrons. The SMILES string of the molecule is C1CP2(=NP3(=NP4(=NP5(=N2)CCC5)CCC4)CCC3)C1. The molecule has 5 aliphatic rings. The van der Waals surface area contributed by atoms with E-state index in [9.17, 15) is 0 Å². The van der Waals surface area contributed by atoms with E-state index in [0.717, 1.165) is 0 Å². The van der Waals surface area contributed by atoms with Gasteiger partial charge in [0.05, 0.1) is 28.8 Å². The fraction of sp³-hybridized carbons (Fsp3) is 1.00. The van der Waals surface area contributed by atoms with Crippen LogP contribution in [0.1, 0.15) is 25.7 Å². The van der Waals surface area contributed by atoms with Gasteiger partial charge in [-0.3, -0.25) is 0 Å². The highest BCUT2D eigenvalue weighted by Crippen LogP contribution is 2.85. The van der Waals surface area contributed by atoms with E-state index >= 15 is 0 Å². The summed E-state index contributed by atoms with van der Waals surface area (Å²) in [5, 5.41) is 0. The van der Waals surface area contributed by atoms with E-state index in [0.29, 0.717) is 0 Å². The molecule has 0 atom stereocenters. The number of rotatable bonds is 0. The minimum atomic E-state index is -1.27. The quantitative estimate of drug-likeness (QED) is 0.476.